The number of carboxylic acids is 1. The number of nitrogens with zero attached hydrogens (tertiary/aromatic N) is 4. The largest absolute Gasteiger partial charge is 0.476 e. The topological polar surface area (TPSA) is 79.3 Å². The Labute approximate surface area is 139 Å². The van der Waals surface area contributed by atoms with Gasteiger partial charge in [0.2, 0.25) is 0 Å². The molecular weight excluding hydrogens is 337 g/mol. The molecule has 0 aliphatic carbocycles. The quantitative estimate of drug-likeness (QED) is 0.692. The molecule has 0 saturated heterocycles. The molecule has 9 heteroatoms. The van der Waals surface area contributed by atoms with Gasteiger partial charge in [0.05, 0.1) is 11.3 Å². The molecule has 2 heterocycles. The first-order valence-electron chi connectivity index (χ1n) is 7.07. The Balaban J connectivity index is 2.14. The van der Waals surface area contributed by atoms with Crippen LogP contribution in [-0.2, 0) is 6.18 Å². The average Bonchev–Trinajstić information content (AvgIpc) is 2.90. The number of halogens is 3. The number of hydrogen-bond donors (Lipinski definition) is 1. The highest BCUT2D eigenvalue weighted by atomic mass is 19.4. The van der Waals surface area contributed by atoms with Gasteiger partial charge in [0, 0.05) is 6.20 Å². The summed E-state index contributed by atoms with van der Waals surface area (Å²) in [6.07, 6.45) is -3.06. The molecule has 128 valence electrons. The van der Waals surface area contributed by atoms with Crippen molar-refractivity contribution in [1.82, 2.24) is 9.38 Å². The highest BCUT2D eigenvalue weighted by Gasteiger charge is 2.33. The summed E-state index contributed by atoms with van der Waals surface area (Å²) >= 11 is 0. The molecule has 0 amide bonds. The van der Waals surface area contributed by atoms with Gasteiger partial charge in [0.25, 0.3) is 0 Å². The van der Waals surface area contributed by atoms with E-state index in [1.165, 1.54) is 22.7 Å². The third-order valence-electron chi connectivity index (χ3n) is 3.42. The van der Waals surface area contributed by atoms with Crippen molar-refractivity contribution in [1.29, 1.82) is 0 Å². The molecule has 0 aliphatic heterocycles. The van der Waals surface area contributed by atoms with Crippen molar-refractivity contribution in [2.45, 2.75) is 13.1 Å². The van der Waals surface area contributed by atoms with E-state index in [9.17, 15) is 23.1 Å². The summed E-state index contributed by atoms with van der Waals surface area (Å²) < 4.78 is 40.4. The SMILES string of the molecule is Cc1ccn2c(N=Nc3ccccc3C(F)(F)F)c(C(=O)O)nc2c1. The van der Waals surface area contributed by atoms with E-state index >= 15 is 0 Å². The van der Waals surface area contributed by atoms with Crippen LogP contribution in [0.5, 0.6) is 0 Å². The molecule has 0 bridgehead atoms. The molecule has 3 aromatic rings. The van der Waals surface area contributed by atoms with E-state index in [0.29, 0.717) is 5.65 Å². The van der Waals surface area contributed by atoms with E-state index in [-0.39, 0.29) is 11.5 Å². The maximum atomic E-state index is 13.0. The summed E-state index contributed by atoms with van der Waals surface area (Å²) in [6.45, 7) is 1.80. The summed E-state index contributed by atoms with van der Waals surface area (Å²) in [4.78, 5) is 15.3. The molecule has 0 spiro atoms. The Kier molecular flexibility index (Phi) is 3.99. The number of aromatic nitrogens is 2. The standard InChI is InChI=1S/C16H11F3N4O2/c1-9-6-7-23-12(8-9)20-13(15(24)25)14(23)22-21-11-5-3-2-4-10(11)16(17,18)19/h2-8H,1H3,(H,24,25). The van der Waals surface area contributed by atoms with E-state index in [1.54, 1.807) is 19.1 Å². The average molecular weight is 348 g/mol. The molecule has 0 unspecified atom stereocenters. The number of aromatic carboxylic acids is 1. The second kappa shape index (κ2) is 6.00. The second-order valence-electron chi connectivity index (χ2n) is 5.24. The van der Waals surface area contributed by atoms with Crippen LogP contribution in [0.25, 0.3) is 5.65 Å². The summed E-state index contributed by atoms with van der Waals surface area (Å²) in [5.41, 5.74) is -0.594. The van der Waals surface area contributed by atoms with Gasteiger partial charge in [-0.05, 0) is 36.8 Å². The second-order valence-corrected chi connectivity index (χ2v) is 5.24. The fraction of sp³-hybridized carbons (Fsp3) is 0.125. The van der Waals surface area contributed by atoms with Crippen LogP contribution < -0.4 is 0 Å². The summed E-state index contributed by atoms with van der Waals surface area (Å²) in [7, 11) is 0. The Morgan fingerprint density at radius 1 is 1.20 bits per heavy atom. The maximum Gasteiger partial charge on any atom is 0.418 e. The molecule has 3 rings (SSSR count). The number of imidazole rings is 1. The summed E-state index contributed by atoms with van der Waals surface area (Å²) in [6, 6.07) is 7.99. The van der Waals surface area contributed by atoms with Gasteiger partial charge in [-0.15, -0.1) is 10.2 Å². The molecule has 0 aliphatic rings. The minimum Gasteiger partial charge on any atom is -0.476 e. The van der Waals surface area contributed by atoms with E-state index < -0.39 is 23.4 Å². The number of aryl methyl sites for hydroxylation is 1. The lowest BCUT2D eigenvalue weighted by atomic mass is 10.2. The van der Waals surface area contributed by atoms with E-state index in [2.05, 4.69) is 15.2 Å². The van der Waals surface area contributed by atoms with Crippen LogP contribution >= 0.6 is 0 Å². The highest BCUT2D eigenvalue weighted by molar-refractivity contribution is 5.91. The minimum absolute atomic E-state index is 0.153. The zero-order valence-electron chi connectivity index (χ0n) is 12.8. The first-order valence-corrected chi connectivity index (χ1v) is 7.07. The number of azo groups is 1. The van der Waals surface area contributed by atoms with Gasteiger partial charge in [0.1, 0.15) is 5.65 Å². The van der Waals surface area contributed by atoms with Crippen molar-refractivity contribution in [3.8, 4) is 0 Å². The number of rotatable bonds is 3. The molecule has 0 radical (unpaired) electrons. The van der Waals surface area contributed by atoms with Crippen molar-refractivity contribution in [2.24, 2.45) is 10.2 Å². The van der Waals surface area contributed by atoms with Gasteiger partial charge in [0.15, 0.2) is 11.5 Å². The first kappa shape index (κ1) is 16.6. The van der Waals surface area contributed by atoms with Gasteiger partial charge < -0.3 is 5.11 Å². The summed E-state index contributed by atoms with van der Waals surface area (Å²) in [5, 5.41) is 16.6. The number of carboxylic acid groups (broad SMARTS) is 1. The molecule has 0 atom stereocenters. The third kappa shape index (κ3) is 3.21. The fourth-order valence-corrected chi connectivity index (χ4v) is 2.27. The van der Waals surface area contributed by atoms with Crippen LogP contribution in [0.1, 0.15) is 21.6 Å². The lowest BCUT2D eigenvalue weighted by molar-refractivity contribution is -0.137. The van der Waals surface area contributed by atoms with Crippen LogP contribution in [0.2, 0.25) is 0 Å². The molecular formula is C16H11F3N4O2. The van der Waals surface area contributed by atoms with E-state index in [0.717, 1.165) is 17.7 Å². The van der Waals surface area contributed by atoms with Crippen molar-refractivity contribution in [3.63, 3.8) is 0 Å². The van der Waals surface area contributed by atoms with Crippen LogP contribution in [0.15, 0.2) is 52.8 Å². The van der Waals surface area contributed by atoms with Crippen molar-refractivity contribution >= 4 is 23.1 Å². The van der Waals surface area contributed by atoms with Crippen molar-refractivity contribution in [2.75, 3.05) is 0 Å². The van der Waals surface area contributed by atoms with Crippen molar-refractivity contribution in [3.05, 3.63) is 59.4 Å². The molecule has 0 saturated carbocycles. The Morgan fingerprint density at radius 3 is 2.60 bits per heavy atom. The van der Waals surface area contributed by atoms with E-state index in [1.807, 2.05) is 0 Å². The van der Waals surface area contributed by atoms with Crippen molar-refractivity contribution < 1.29 is 23.1 Å². The monoisotopic (exact) mass is 348 g/mol. The number of fused-ring (bicyclic) bond motifs is 1. The Bertz CT molecular complexity index is 993. The molecule has 6 nitrogen and oxygen atoms in total. The maximum absolute atomic E-state index is 13.0. The molecule has 2 aromatic heterocycles. The highest BCUT2D eigenvalue weighted by Crippen LogP contribution is 2.37. The van der Waals surface area contributed by atoms with Gasteiger partial charge in [-0.2, -0.15) is 13.2 Å². The fourth-order valence-electron chi connectivity index (χ4n) is 2.27. The minimum atomic E-state index is -4.60. The number of pyridine rings is 1. The molecule has 1 N–H and O–H groups in total. The normalized spacial score (nSPS) is 12.2. The van der Waals surface area contributed by atoms with Gasteiger partial charge in [-0.3, -0.25) is 4.40 Å². The number of benzene rings is 1. The van der Waals surface area contributed by atoms with Crippen LogP contribution in [0, 0.1) is 6.92 Å². The molecule has 1 aromatic carbocycles. The van der Waals surface area contributed by atoms with Gasteiger partial charge in [-0.25, -0.2) is 9.78 Å². The van der Waals surface area contributed by atoms with Gasteiger partial charge >= 0.3 is 12.1 Å². The predicted octanol–water partition coefficient (Wildman–Crippen LogP) is 4.78. The van der Waals surface area contributed by atoms with Crippen LogP contribution in [0.3, 0.4) is 0 Å². The Hall–Kier alpha value is -3.23. The lowest BCUT2D eigenvalue weighted by Crippen LogP contribution is -2.04. The predicted molar refractivity (Wildman–Crippen MR) is 82.5 cm³/mol. The smallest absolute Gasteiger partial charge is 0.418 e. The number of alkyl halides is 3. The zero-order valence-corrected chi connectivity index (χ0v) is 12.8. The summed E-state index contributed by atoms with van der Waals surface area (Å²) in [5.74, 6) is -1.50. The van der Waals surface area contributed by atoms with Gasteiger partial charge in [-0.1, -0.05) is 12.1 Å². The van der Waals surface area contributed by atoms with Crippen LogP contribution in [-0.4, -0.2) is 20.5 Å². The molecule has 0 fully saturated rings. The number of hydrogen-bond acceptors (Lipinski definition) is 4. The lowest BCUT2D eigenvalue weighted by Gasteiger charge is -2.08. The van der Waals surface area contributed by atoms with Crippen LogP contribution in [0.4, 0.5) is 24.7 Å². The molecule has 25 heavy (non-hydrogen) atoms. The Morgan fingerprint density at radius 2 is 1.92 bits per heavy atom. The first-order chi connectivity index (χ1) is 11.8. The number of carbonyl (C=O) groups is 1. The van der Waals surface area contributed by atoms with E-state index in [4.69, 9.17) is 0 Å². The zero-order chi connectivity index (χ0) is 18.2. The third-order valence-corrected chi connectivity index (χ3v) is 3.42.